The maximum absolute atomic E-state index is 12.0. The van der Waals surface area contributed by atoms with Gasteiger partial charge in [0.25, 0.3) is 0 Å². The molecule has 0 fully saturated rings. The number of hydrogen-bond acceptors (Lipinski definition) is 5. The molecule has 1 N–H and O–H groups in total. The second kappa shape index (κ2) is 12.6. The molecular weight excluding hydrogens is 538 g/mol. The maximum Gasteiger partial charge on any atom is 0.573 e. The van der Waals surface area contributed by atoms with Crippen LogP contribution >= 0.6 is 11.6 Å². The number of ether oxygens (including phenoxy) is 2. The van der Waals surface area contributed by atoms with E-state index in [4.69, 9.17) is 16.7 Å². The van der Waals surface area contributed by atoms with Crippen molar-refractivity contribution in [2.45, 2.75) is 25.2 Å². The third-order valence-corrected chi connectivity index (χ3v) is 5.06. The molecule has 0 spiro atoms. The van der Waals surface area contributed by atoms with E-state index in [1.54, 1.807) is 24.4 Å². The van der Waals surface area contributed by atoms with E-state index in [2.05, 4.69) is 19.4 Å². The molecule has 38 heavy (non-hydrogen) atoms. The molecule has 4 rings (SSSR count). The van der Waals surface area contributed by atoms with Gasteiger partial charge in [-0.05, 0) is 71.8 Å². The molecule has 4 aromatic rings. The number of benzene rings is 2. The summed E-state index contributed by atoms with van der Waals surface area (Å²) in [5.41, 5.74) is 4.18. The van der Waals surface area contributed by atoms with Crippen LogP contribution in [-0.4, -0.2) is 27.8 Å². The Labute approximate surface area is 218 Å². The summed E-state index contributed by atoms with van der Waals surface area (Å²) < 4.78 is 79.5. The standard InChI is InChI=1S/C13H9ClF3NO.C13H10F3NO2/c14-7-9-1-6-12(18-8-9)10-2-4-11(5-3-10)19-13(15,16)17;14-13(15,16)19-11-4-2-10(3-5-11)12-6-1-9(8-18)7-17-12/h1-6,8H,7H2;1-7,18H,8H2. The second-order valence-electron chi connectivity index (χ2n) is 7.54. The highest BCUT2D eigenvalue weighted by Gasteiger charge is 2.31. The van der Waals surface area contributed by atoms with Crippen LogP contribution in [0.15, 0.2) is 85.2 Å². The van der Waals surface area contributed by atoms with E-state index in [1.165, 1.54) is 54.7 Å². The third kappa shape index (κ3) is 9.24. The number of aliphatic hydroxyl groups excluding tert-OH is 1. The lowest BCUT2D eigenvalue weighted by Crippen LogP contribution is -2.16. The first-order valence-electron chi connectivity index (χ1n) is 10.7. The second-order valence-corrected chi connectivity index (χ2v) is 7.81. The SMILES string of the molecule is FC(F)(F)Oc1ccc(-c2ccc(CCl)cn2)cc1.OCc1ccc(-c2ccc(OC(F)(F)F)cc2)nc1. The van der Waals surface area contributed by atoms with Crippen molar-refractivity contribution >= 4 is 11.6 Å². The Morgan fingerprint density at radius 3 is 1.29 bits per heavy atom. The maximum atomic E-state index is 12.0. The largest absolute Gasteiger partial charge is 0.573 e. The van der Waals surface area contributed by atoms with Gasteiger partial charge in [0, 0.05) is 29.4 Å². The van der Waals surface area contributed by atoms with Gasteiger partial charge in [0.05, 0.1) is 18.0 Å². The number of rotatable bonds is 6. The van der Waals surface area contributed by atoms with Crippen molar-refractivity contribution in [2.24, 2.45) is 0 Å². The Bertz CT molecular complexity index is 1180. The highest BCUT2D eigenvalue weighted by molar-refractivity contribution is 6.17. The number of pyridine rings is 2. The van der Waals surface area contributed by atoms with Gasteiger partial charge in [0.2, 0.25) is 0 Å². The first kappa shape index (κ1) is 28.7. The minimum atomic E-state index is -4.69. The van der Waals surface area contributed by atoms with Gasteiger partial charge in [0.1, 0.15) is 11.5 Å². The predicted molar refractivity (Wildman–Crippen MR) is 128 cm³/mol. The van der Waals surface area contributed by atoms with Crippen LogP contribution in [0.2, 0.25) is 0 Å². The number of nitrogens with zero attached hydrogens (tertiary/aromatic N) is 2. The van der Waals surface area contributed by atoms with Crippen molar-refractivity contribution in [3.8, 4) is 34.0 Å². The van der Waals surface area contributed by atoms with Gasteiger partial charge in [-0.15, -0.1) is 37.9 Å². The van der Waals surface area contributed by atoms with Gasteiger partial charge in [0.15, 0.2) is 0 Å². The molecule has 12 heteroatoms. The van der Waals surface area contributed by atoms with Crippen LogP contribution in [0.4, 0.5) is 26.3 Å². The van der Waals surface area contributed by atoms with Crippen LogP contribution in [0.1, 0.15) is 11.1 Å². The fraction of sp³-hybridized carbons (Fsp3) is 0.154. The molecule has 2 aromatic carbocycles. The molecule has 0 aliphatic carbocycles. The molecule has 0 atom stereocenters. The first-order chi connectivity index (χ1) is 18.0. The Morgan fingerprint density at radius 1 is 0.605 bits per heavy atom. The van der Waals surface area contributed by atoms with E-state index in [9.17, 15) is 26.3 Å². The van der Waals surface area contributed by atoms with Gasteiger partial charge in [-0.2, -0.15) is 0 Å². The molecular formula is C26H19ClF6N2O3. The number of aliphatic hydroxyl groups is 1. The average Bonchev–Trinajstić information content (AvgIpc) is 2.88. The van der Waals surface area contributed by atoms with Crippen molar-refractivity contribution < 1.29 is 40.9 Å². The normalized spacial score (nSPS) is 11.4. The quantitative estimate of drug-likeness (QED) is 0.196. The number of aromatic nitrogens is 2. The van der Waals surface area contributed by atoms with Crippen LogP contribution in [0.25, 0.3) is 22.5 Å². The molecule has 0 amide bonds. The minimum Gasteiger partial charge on any atom is -0.406 e. The van der Waals surface area contributed by atoms with Crippen molar-refractivity contribution in [2.75, 3.05) is 0 Å². The summed E-state index contributed by atoms with van der Waals surface area (Å²) >= 11 is 5.64. The summed E-state index contributed by atoms with van der Waals surface area (Å²) in [5, 5.41) is 8.88. The van der Waals surface area contributed by atoms with Crippen LogP contribution < -0.4 is 9.47 Å². The lowest BCUT2D eigenvalue weighted by atomic mass is 10.1. The average molecular weight is 557 g/mol. The first-order valence-corrected chi connectivity index (χ1v) is 11.3. The Morgan fingerprint density at radius 2 is 1.00 bits per heavy atom. The number of alkyl halides is 7. The highest BCUT2D eigenvalue weighted by atomic mass is 35.5. The fourth-order valence-electron chi connectivity index (χ4n) is 3.02. The van der Waals surface area contributed by atoms with E-state index in [1.807, 2.05) is 6.07 Å². The summed E-state index contributed by atoms with van der Waals surface area (Å²) in [7, 11) is 0. The topological polar surface area (TPSA) is 64.5 Å². The van der Waals surface area contributed by atoms with Gasteiger partial charge in [-0.3, -0.25) is 9.97 Å². The molecule has 0 saturated heterocycles. The molecule has 0 bridgehead atoms. The predicted octanol–water partition coefficient (Wildman–Crippen LogP) is 7.53. The van der Waals surface area contributed by atoms with Crippen LogP contribution in [0.5, 0.6) is 11.5 Å². The number of halogens is 7. The van der Waals surface area contributed by atoms with Crippen LogP contribution in [0, 0.1) is 0 Å². The molecule has 0 aliphatic rings. The lowest BCUT2D eigenvalue weighted by molar-refractivity contribution is -0.275. The smallest absolute Gasteiger partial charge is 0.406 e. The van der Waals surface area contributed by atoms with Crippen LogP contribution in [-0.2, 0) is 12.5 Å². The van der Waals surface area contributed by atoms with Gasteiger partial charge in [-0.1, -0.05) is 12.1 Å². The highest BCUT2D eigenvalue weighted by Crippen LogP contribution is 2.27. The Hall–Kier alpha value is -3.83. The van der Waals surface area contributed by atoms with E-state index in [0.29, 0.717) is 34.0 Å². The van der Waals surface area contributed by atoms with E-state index in [-0.39, 0.29) is 18.1 Å². The molecule has 0 saturated carbocycles. The summed E-state index contributed by atoms with van der Waals surface area (Å²) in [6.45, 7) is -0.106. The molecule has 0 unspecified atom stereocenters. The molecule has 0 radical (unpaired) electrons. The van der Waals surface area contributed by atoms with Crippen LogP contribution in [0.3, 0.4) is 0 Å². The fourth-order valence-corrected chi connectivity index (χ4v) is 3.18. The summed E-state index contributed by atoms with van der Waals surface area (Å²) in [4.78, 5) is 8.28. The molecule has 2 aromatic heterocycles. The Balaban J connectivity index is 0.000000211. The summed E-state index contributed by atoms with van der Waals surface area (Å²) in [5.74, 6) is -0.164. The van der Waals surface area contributed by atoms with E-state index >= 15 is 0 Å². The zero-order valence-corrected chi connectivity index (χ0v) is 20.1. The van der Waals surface area contributed by atoms with Crippen molar-refractivity contribution in [1.29, 1.82) is 0 Å². The zero-order chi connectivity index (χ0) is 27.8. The molecule has 0 aliphatic heterocycles. The lowest BCUT2D eigenvalue weighted by Gasteiger charge is -2.09. The molecule has 2 heterocycles. The Kier molecular flexibility index (Phi) is 9.54. The summed E-state index contributed by atoms with van der Waals surface area (Å²) in [6, 6.07) is 17.9. The van der Waals surface area contributed by atoms with Gasteiger partial charge < -0.3 is 14.6 Å². The third-order valence-electron chi connectivity index (χ3n) is 4.75. The van der Waals surface area contributed by atoms with E-state index in [0.717, 1.165) is 5.56 Å². The monoisotopic (exact) mass is 556 g/mol. The van der Waals surface area contributed by atoms with Gasteiger partial charge in [-0.25, -0.2) is 0 Å². The zero-order valence-electron chi connectivity index (χ0n) is 19.3. The van der Waals surface area contributed by atoms with Crippen molar-refractivity contribution in [1.82, 2.24) is 9.97 Å². The molecule has 5 nitrogen and oxygen atoms in total. The van der Waals surface area contributed by atoms with E-state index < -0.39 is 12.7 Å². The number of hydrogen-bond donors (Lipinski definition) is 1. The van der Waals surface area contributed by atoms with Gasteiger partial charge >= 0.3 is 12.7 Å². The summed E-state index contributed by atoms with van der Waals surface area (Å²) in [6.07, 6.45) is -6.23. The van der Waals surface area contributed by atoms with Crippen molar-refractivity contribution in [3.05, 3.63) is 96.3 Å². The molecule has 200 valence electrons. The van der Waals surface area contributed by atoms with Crippen molar-refractivity contribution in [3.63, 3.8) is 0 Å². The minimum absolute atomic E-state index is 0.106.